The molecule has 5 heteroatoms. The SMILES string of the molecule is Cc1cc2n(n1)-c1ccc(Cl)cc1C(c1ccccc1)NC2=O. The number of benzene rings is 2. The zero-order valence-corrected chi connectivity index (χ0v) is 13.2. The standard InChI is InChI=1S/C18H14ClN3O/c1-11-9-16-18(23)20-17(12-5-3-2-4-6-12)14-10-13(19)7-8-15(14)22(16)21-11/h2-10,17H,1H3,(H,20,23). The summed E-state index contributed by atoms with van der Waals surface area (Å²) in [5, 5.41) is 8.19. The minimum atomic E-state index is -0.264. The van der Waals surface area contributed by atoms with E-state index in [1.165, 1.54) is 0 Å². The number of halogens is 1. The van der Waals surface area contributed by atoms with Gasteiger partial charge in [0.25, 0.3) is 5.91 Å². The third-order valence-electron chi connectivity index (χ3n) is 4.00. The molecule has 1 unspecified atom stereocenters. The number of rotatable bonds is 1. The van der Waals surface area contributed by atoms with Gasteiger partial charge in [-0.05, 0) is 36.8 Å². The van der Waals surface area contributed by atoms with E-state index in [1.54, 1.807) is 10.7 Å². The van der Waals surface area contributed by atoms with Gasteiger partial charge in [0.1, 0.15) is 5.69 Å². The normalized spacial score (nSPS) is 16.3. The quantitative estimate of drug-likeness (QED) is 0.742. The molecule has 4 rings (SSSR count). The number of nitrogens with one attached hydrogen (secondary N) is 1. The maximum absolute atomic E-state index is 12.7. The molecule has 0 fully saturated rings. The Bertz CT molecular complexity index is 902. The number of fused-ring (bicyclic) bond motifs is 3. The minimum Gasteiger partial charge on any atom is -0.340 e. The molecule has 114 valence electrons. The molecule has 3 aromatic rings. The summed E-state index contributed by atoms with van der Waals surface area (Å²) in [7, 11) is 0. The maximum atomic E-state index is 12.7. The lowest BCUT2D eigenvalue weighted by molar-refractivity contribution is 0.0938. The fourth-order valence-electron chi connectivity index (χ4n) is 2.99. The van der Waals surface area contributed by atoms with Crippen molar-refractivity contribution >= 4 is 17.5 Å². The smallest absolute Gasteiger partial charge is 0.270 e. The van der Waals surface area contributed by atoms with Crippen LogP contribution in [0.5, 0.6) is 0 Å². The summed E-state index contributed by atoms with van der Waals surface area (Å²) in [6, 6.07) is 17.0. The van der Waals surface area contributed by atoms with Gasteiger partial charge in [-0.2, -0.15) is 5.10 Å². The lowest BCUT2D eigenvalue weighted by Crippen LogP contribution is -2.28. The van der Waals surface area contributed by atoms with Gasteiger partial charge < -0.3 is 5.32 Å². The fourth-order valence-corrected chi connectivity index (χ4v) is 3.17. The van der Waals surface area contributed by atoms with Crippen molar-refractivity contribution in [1.82, 2.24) is 15.1 Å². The number of carbonyl (C=O) groups excluding carboxylic acids is 1. The van der Waals surface area contributed by atoms with E-state index in [1.807, 2.05) is 55.5 Å². The lowest BCUT2D eigenvalue weighted by Gasteiger charge is -2.19. The first-order chi connectivity index (χ1) is 11.1. The van der Waals surface area contributed by atoms with Crippen LogP contribution in [-0.4, -0.2) is 15.7 Å². The van der Waals surface area contributed by atoms with Gasteiger partial charge >= 0.3 is 0 Å². The molecule has 0 spiro atoms. The Hall–Kier alpha value is -2.59. The minimum absolute atomic E-state index is 0.147. The Balaban J connectivity index is 1.99. The van der Waals surface area contributed by atoms with Gasteiger partial charge in [-0.1, -0.05) is 41.9 Å². The van der Waals surface area contributed by atoms with Crippen LogP contribution >= 0.6 is 11.6 Å². The predicted octanol–water partition coefficient (Wildman–Crippen LogP) is 3.67. The zero-order valence-electron chi connectivity index (χ0n) is 12.5. The number of hydrogen-bond acceptors (Lipinski definition) is 2. The van der Waals surface area contributed by atoms with Crippen LogP contribution in [0.2, 0.25) is 5.02 Å². The van der Waals surface area contributed by atoms with Crippen molar-refractivity contribution in [2.45, 2.75) is 13.0 Å². The van der Waals surface area contributed by atoms with Gasteiger partial charge in [0.15, 0.2) is 0 Å². The summed E-state index contributed by atoms with van der Waals surface area (Å²) in [4.78, 5) is 12.7. The molecule has 0 bridgehead atoms. The highest BCUT2D eigenvalue weighted by Crippen LogP contribution is 2.33. The van der Waals surface area contributed by atoms with Gasteiger partial charge in [-0.3, -0.25) is 4.79 Å². The van der Waals surface area contributed by atoms with E-state index >= 15 is 0 Å². The first-order valence-corrected chi connectivity index (χ1v) is 7.73. The molecular weight excluding hydrogens is 310 g/mol. The second kappa shape index (κ2) is 5.25. The molecule has 2 heterocycles. The highest BCUT2D eigenvalue weighted by molar-refractivity contribution is 6.30. The van der Waals surface area contributed by atoms with Crippen molar-refractivity contribution in [3.05, 3.63) is 82.1 Å². The van der Waals surface area contributed by atoms with Gasteiger partial charge in [0.2, 0.25) is 0 Å². The molecule has 4 nitrogen and oxygen atoms in total. The van der Waals surface area contributed by atoms with Crippen molar-refractivity contribution in [2.75, 3.05) is 0 Å². The van der Waals surface area contributed by atoms with Gasteiger partial charge in [0.05, 0.1) is 17.4 Å². The predicted molar refractivity (Wildman–Crippen MR) is 89.1 cm³/mol. The third-order valence-corrected chi connectivity index (χ3v) is 4.24. The van der Waals surface area contributed by atoms with Crippen LogP contribution in [-0.2, 0) is 0 Å². The number of carbonyl (C=O) groups is 1. The van der Waals surface area contributed by atoms with E-state index < -0.39 is 0 Å². The molecule has 2 aromatic carbocycles. The zero-order chi connectivity index (χ0) is 16.0. The van der Waals surface area contributed by atoms with Crippen LogP contribution in [0.4, 0.5) is 0 Å². The topological polar surface area (TPSA) is 46.9 Å². The summed E-state index contributed by atoms with van der Waals surface area (Å²) in [5.41, 5.74) is 4.13. The molecule has 1 aromatic heterocycles. The summed E-state index contributed by atoms with van der Waals surface area (Å²) in [5.74, 6) is -0.147. The van der Waals surface area contributed by atoms with Crippen molar-refractivity contribution < 1.29 is 4.79 Å². The van der Waals surface area contributed by atoms with Crippen LogP contribution in [0, 0.1) is 6.92 Å². The number of aryl methyl sites for hydroxylation is 1. The Morgan fingerprint density at radius 2 is 1.91 bits per heavy atom. The average molecular weight is 324 g/mol. The van der Waals surface area contributed by atoms with Gasteiger partial charge in [0, 0.05) is 10.6 Å². The Morgan fingerprint density at radius 3 is 2.70 bits per heavy atom. The van der Waals surface area contributed by atoms with Crippen LogP contribution in [0.1, 0.15) is 33.4 Å². The van der Waals surface area contributed by atoms with Gasteiger partial charge in [-0.25, -0.2) is 4.68 Å². The molecule has 1 aliphatic rings. The Labute approximate surface area is 138 Å². The summed E-state index contributed by atoms with van der Waals surface area (Å²) in [6.07, 6.45) is 0. The van der Waals surface area contributed by atoms with Crippen LogP contribution in [0.3, 0.4) is 0 Å². The van der Waals surface area contributed by atoms with Gasteiger partial charge in [-0.15, -0.1) is 0 Å². The van der Waals surface area contributed by atoms with Crippen molar-refractivity contribution in [1.29, 1.82) is 0 Å². The van der Waals surface area contributed by atoms with Crippen LogP contribution < -0.4 is 5.32 Å². The maximum Gasteiger partial charge on any atom is 0.270 e. The van der Waals surface area contributed by atoms with Crippen LogP contribution in [0.25, 0.3) is 5.69 Å². The highest BCUT2D eigenvalue weighted by Gasteiger charge is 2.28. The first kappa shape index (κ1) is 14.0. The molecule has 1 aliphatic heterocycles. The van der Waals surface area contributed by atoms with E-state index in [0.29, 0.717) is 10.7 Å². The number of hydrogen-bond donors (Lipinski definition) is 1. The molecule has 23 heavy (non-hydrogen) atoms. The molecule has 0 aliphatic carbocycles. The lowest BCUT2D eigenvalue weighted by atomic mass is 9.97. The monoisotopic (exact) mass is 323 g/mol. The van der Waals surface area contributed by atoms with Crippen molar-refractivity contribution in [3.8, 4) is 5.69 Å². The number of aromatic nitrogens is 2. The van der Waals surface area contributed by atoms with E-state index in [4.69, 9.17) is 11.6 Å². The van der Waals surface area contributed by atoms with E-state index in [2.05, 4.69) is 10.4 Å². The molecule has 1 amide bonds. The first-order valence-electron chi connectivity index (χ1n) is 7.36. The van der Waals surface area contributed by atoms with E-state index in [9.17, 15) is 4.79 Å². The second-order valence-electron chi connectivity index (χ2n) is 5.60. The summed E-state index contributed by atoms with van der Waals surface area (Å²) >= 11 is 6.21. The molecule has 0 radical (unpaired) electrons. The van der Waals surface area contributed by atoms with E-state index in [0.717, 1.165) is 22.5 Å². The summed E-state index contributed by atoms with van der Waals surface area (Å²) < 4.78 is 1.69. The number of amides is 1. The molecular formula is C18H14ClN3O. The Kier molecular flexibility index (Phi) is 3.20. The average Bonchev–Trinajstić information content (AvgIpc) is 2.90. The molecule has 1 atom stereocenters. The number of nitrogens with zero attached hydrogens (tertiary/aromatic N) is 2. The largest absolute Gasteiger partial charge is 0.340 e. The fraction of sp³-hybridized carbons (Fsp3) is 0.111. The molecule has 0 saturated heterocycles. The van der Waals surface area contributed by atoms with E-state index in [-0.39, 0.29) is 11.9 Å². The van der Waals surface area contributed by atoms with Crippen LogP contribution in [0.15, 0.2) is 54.6 Å². The highest BCUT2D eigenvalue weighted by atomic mass is 35.5. The second-order valence-corrected chi connectivity index (χ2v) is 6.04. The Morgan fingerprint density at radius 1 is 1.13 bits per heavy atom. The molecule has 0 saturated carbocycles. The molecule has 1 N–H and O–H groups in total. The van der Waals surface area contributed by atoms with Crippen molar-refractivity contribution in [3.63, 3.8) is 0 Å². The summed E-state index contributed by atoms with van der Waals surface area (Å²) in [6.45, 7) is 1.87. The van der Waals surface area contributed by atoms with Crippen molar-refractivity contribution in [2.24, 2.45) is 0 Å². The third kappa shape index (κ3) is 2.32.